The predicted molar refractivity (Wildman–Crippen MR) is 75.4 cm³/mol. The topological polar surface area (TPSA) is 79.3 Å². The van der Waals surface area contributed by atoms with Crippen molar-refractivity contribution in [1.29, 1.82) is 0 Å². The van der Waals surface area contributed by atoms with E-state index in [1.54, 1.807) is 43.6 Å². The van der Waals surface area contributed by atoms with E-state index in [-0.39, 0.29) is 18.0 Å². The maximum absolute atomic E-state index is 12.3. The number of aromatic nitrogens is 1. The Morgan fingerprint density at radius 1 is 1.15 bits per heavy atom. The number of nitrogens with zero attached hydrogens (tertiary/aromatic N) is 1. The van der Waals surface area contributed by atoms with Gasteiger partial charge >= 0.3 is 0 Å². The van der Waals surface area contributed by atoms with Crippen molar-refractivity contribution in [2.45, 2.75) is 25.0 Å². The van der Waals surface area contributed by atoms with Crippen molar-refractivity contribution >= 4 is 10.0 Å². The van der Waals surface area contributed by atoms with E-state index < -0.39 is 10.0 Å². The van der Waals surface area contributed by atoms with Crippen LogP contribution in [0.4, 0.5) is 0 Å². The summed E-state index contributed by atoms with van der Waals surface area (Å²) in [7, 11) is -3.60. The average molecular weight is 292 g/mol. The van der Waals surface area contributed by atoms with E-state index in [0.29, 0.717) is 11.1 Å². The van der Waals surface area contributed by atoms with Gasteiger partial charge in [-0.3, -0.25) is 4.98 Å². The normalized spacial score (nSPS) is 11.5. The molecular weight excluding hydrogens is 276 g/mol. The Bertz CT molecular complexity index is 685. The second kappa shape index (κ2) is 6.13. The lowest BCUT2D eigenvalue weighted by atomic mass is 10.2. The lowest BCUT2D eigenvalue weighted by Crippen LogP contribution is -2.24. The molecule has 0 saturated heterocycles. The van der Waals surface area contributed by atoms with Gasteiger partial charge in [-0.05, 0) is 41.8 Å². The number of aryl methyl sites for hydroxylation is 1. The highest BCUT2D eigenvalue weighted by Gasteiger charge is 2.16. The number of sulfonamides is 1. The Hall–Kier alpha value is -1.76. The molecule has 0 amide bonds. The van der Waals surface area contributed by atoms with Gasteiger partial charge in [-0.15, -0.1) is 0 Å². The van der Waals surface area contributed by atoms with E-state index in [1.165, 1.54) is 6.07 Å². The third kappa shape index (κ3) is 3.41. The first-order valence-electron chi connectivity index (χ1n) is 6.12. The van der Waals surface area contributed by atoms with Crippen LogP contribution in [0, 0.1) is 6.92 Å². The van der Waals surface area contributed by atoms with E-state index in [1.807, 2.05) is 0 Å². The van der Waals surface area contributed by atoms with Gasteiger partial charge in [-0.1, -0.05) is 12.1 Å². The van der Waals surface area contributed by atoms with E-state index in [0.717, 1.165) is 5.56 Å². The quantitative estimate of drug-likeness (QED) is 0.872. The molecule has 0 fully saturated rings. The molecule has 1 heterocycles. The monoisotopic (exact) mass is 292 g/mol. The minimum absolute atomic E-state index is 0.187. The number of rotatable bonds is 5. The summed E-state index contributed by atoms with van der Waals surface area (Å²) in [6, 6.07) is 8.38. The first-order chi connectivity index (χ1) is 9.53. The van der Waals surface area contributed by atoms with Crippen molar-refractivity contribution < 1.29 is 13.5 Å². The first kappa shape index (κ1) is 14.6. The summed E-state index contributed by atoms with van der Waals surface area (Å²) in [4.78, 5) is 4.07. The van der Waals surface area contributed by atoms with Crippen LogP contribution in [0.5, 0.6) is 0 Å². The van der Waals surface area contributed by atoms with E-state index in [4.69, 9.17) is 5.11 Å². The molecule has 2 rings (SSSR count). The van der Waals surface area contributed by atoms with Crippen molar-refractivity contribution in [3.8, 4) is 0 Å². The van der Waals surface area contributed by atoms with Crippen molar-refractivity contribution in [1.82, 2.24) is 9.71 Å². The fourth-order valence-electron chi connectivity index (χ4n) is 1.79. The number of hydrogen-bond donors (Lipinski definition) is 2. The molecule has 0 atom stereocenters. The zero-order valence-corrected chi connectivity index (χ0v) is 11.9. The summed E-state index contributed by atoms with van der Waals surface area (Å²) in [5.74, 6) is 0. The highest BCUT2D eigenvalue weighted by Crippen LogP contribution is 2.17. The summed E-state index contributed by atoms with van der Waals surface area (Å²) >= 11 is 0. The molecular formula is C14H16N2O3S. The van der Waals surface area contributed by atoms with Crippen LogP contribution >= 0.6 is 0 Å². The molecule has 0 saturated carbocycles. The van der Waals surface area contributed by atoms with E-state index >= 15 is 0 Å². The van der Waals surface area contributed by atoms with Gasteiger partial charge in [0.05, 0.1) is 11.5 Å². The molecule has 5 nitrogen and oxygen atoms in total. The molecule has 6 heteroatoms. The van der Waals surface area contributed by atoms with Crippen LogP contribution in [0.15, 0.2) is 47.6 Å². The average Bonchev–Trinajstić information content (AvgIpc) is 2.47. The number of pyridine rings is 1. The van der Waals surface area contributed by atoms with Crippen molar-refractivity contribution in [2.24, 2.45) is 0 Å². The Balaban J connectivity index is 2.22. The zero-order valence-electron chi connectivity index (χ0n) is 11.1. The number of aliphatic hydroxyl groups is 1. The number of nitrogens with one attached hydrogen (secondary N) is 1. The van der Waals surface area contributed by atoms with Crippen LogP contribution in [-0.2, 0) is 23.2 Å². The molecule has 0 aliphatic heterocycles. The Morgan fingerprint density at radius 2 is 1.85 bits per heavy atom. The second-order valence-corrected chi connectivity index (χ2v) is 6.17. The molecule has 1 aromatic heterocycles. The zero-order chi connectivity index (χ0) is 14.6. The molecule has 2 N–H and O–H groups in total. The standard InChI is InChI=1S/C14H16N2O3S/c1-11-2-3-13(10-17)8-14(11)20(18,19)16-9-12-4-6-15-7-5-12/h2-8,16-17H,9-10H2,1H3. The van der Waals surface area contributed by atoms with Gasteiger partial charge in [0, 0.05) is 18.9 Å². The van der Waals surface area contributed by atoms with Crippen molar-refractivity contribution in [3.05, 3.63) is 59.4 Å². The minimum Gasteiger partial charge on any atom is -0.392 e. The van der Waals surface area contributed by atoms with Crippen LogP contribution in [0.25, 0.3) is 0 Å². The molecule has 0 aliphatic rings. The smallest absolute Gasteiger partial charge is 0.241 e. The maximum Gasteiger partial charge on any atom is 0.241 e. The summed E-state index contributed by atoms with van der Waals surface area (Å²) < 4.78 is 27.1. The lowest BCUT2D eigenvalue weighted by molar-refractivity contribution is 0.281. The van der Waals surface area contributed by atoms with Crippen LogP contribution in [0.3, 0.4) is 0 Å². The highest BCUT2D eigenvalue weighted by atomic mass is 32.2. The van der Waals surface area contributed by atoms with Gasteiger partial charge in [0.25, 0.3) is 0 Å². The molecule has 1 aromatic carbocycles. The van der Waals surface area contributed by atoms with Crippen LogP contribution in [-0.4, -0.2) is 18.5 Å². The number of aliphatic hydroxyl groups excluding tert-OH is 1. The Labute approximate surface area is 118 Å². The highest BCUT2D eigenvalue weighted by molar-refractivity contribution is 7.89. The molecule has 0 bridgehead atoms. The second-order valence-electron chi connectivity index (χ2n) is 4.44. The minimum atomic E-state index is -3.60. The van der Waals surface area contributed by atoms with Gasteiger partial charge in [0.15, 0.2) is 0 Å². The van der Waals surface area contributed by atoms with E-state index in [2.05, 4.69) is 9.71 Å². The molecule has 20 heavy (non-hydrogen) atoms. The van der Waals surface area contributed by atoms with Gasteiger partial charge in [-0.25, -0.2) is 13.1 Å². The molecule has 0 unspecified atom stereocenters. The molecule has 2 aromatic rings. The molecule has 0 radical (unpaired) electrons. The van der Waals surface area contributed by atoms with Crippen LogP contribution < -0.4 is 4.72 Å². The third-order valence-electron chi connectivity index (χ3n) is 2.94. The third-order valence-corrected chi connectivity index (χ3v) is 4.48. The molecule has 0 spiro atoms. The number of benzene rings is 1. The summed E-state index contributed by atoms with van der Waals surface area (Å²) in [6.07, 6.45) is 3.22. The van der Waals surface area contributed by atoms with Crippen LogP contribution in [0.2, 0.25) is 0 Å². The summed E-state index contributed by atoms with van der Waals surface area (Å²) in [5, 5.41) is 9.10. The predicted octanol–water partition coefficient (Wildman–Crippen LogP) is 1.36. The summed E-state index contributed by atoms with van der Waals surface area (Å²) in [5.41, 5.74) is 2.05. The summed E-state index contributed by atoms with van der Waals surface area (Å²) in [6.45, 7) is 1.74. The fraction of sp³-hybridized carbons (Fsp3) is 0.214. The Morgan fingerprint density at radius 3 is 2.50 bits per heavy atom. The number of hydrogen-bond acceptors (Lipinski definition) is 4. The van der Waals surface area contributed by atoms with Crippen molar-refractivity contribution in [2.75, 3.05) is 0 Å². The maximum atomic E-state index is 12.3. The van der Waals surface area contributed by atoms with E-state index in [9.17, 15) is 8.42 Å². The van der Waals surface area contributed by atoms with Crippen LogP contribution in [0.1, 0.15) is 16.7 Å². The van der Waals surface area contributed by atoms with Gasteiger partial charge < -0.3 is 5.11 Å². The molecule has 106 valence electrons. The molecule has 0 aliphatic carbocycles. The van der Waals surface area contributed by atoms with Gasteiger partial charge in [0.2, 0.25) is 10.0 Å². The first-order valence-corrected chi connectivity index (χ1v) is 7.60. The van der Waals surface area contributed by atoms with Gasteiger partial charge in [-0.2, -0.15) is 0 Å². The largest absolute Gasteiger partial charge is 0.392 e. The fourth-order valence-corrected chi connectivity index (χ4v) is 3.10. The lowest BCUT2D eigenvalue weighted by Gasteiger charge is -2.10. The Kier molecular flexibility index (Phi) is 4.49. The van der Waals surface area contributed by atoms with Crippen molar-refractivity contribution in [3.63, 3.8) is 0 Å². The van der Waals surface area contributed by atoms with Gasteiger partial charge in [0.1, 0.15) is 0 Å². The SMILES string of the molecule is Cc1ccc(CO)cc1S(=O)(=O)NCc1ccncc1.